The van der Waals surface area contributed by atoms with Crippen LogP contribution >= 0.6 is 0 Å². The van der Waals surface area contributed by atoms with Crippen LogP contribution in [0.2, 0.25) is 0 Å². The first-order valence-electron chi connectivity index (χ1n) is 9.23. The van der Waals surface area contributed by atoms with E-state index in [1.165, 1.54) is 25.3 Å². The Balaban J connectivity index is 1.86. The average Bonchev–Trinajstić information content (AvgIpc) is 2.75. The van der Waals surface area contributed by atoms with E-state index in [4.69, 9.17) is 18.6 Å². The van der Waals surface area contributed by atoms with Crippen LogP contribution in [0.3, 0.4) is 0 Å². The van der Waals surface area contributed by atoms with Gasteiger partial charge in [-0.1, -0.05) is 0 Å². The van der Waals surface area contributed by atoms with Gasteiger partial charge < -0.3 is 49.3 Å². The highest BCUT2D eigenvalue weighted by Crippen LogP contribution is 2.37. The number of aromatic hydroxyl groups is 2. The van der Waals surface area contributed by atoms with Crippen LogP contribution in [0.4, 0.5) is 0 Å². The number of hydrogen-bond donors (Lipinski definition) is 6. The lowest BCUT2D eigenvalue weighted by molar-refractivity contribution is -0.277. The second kappa shape index (κ2) is 7.87. The smallest absolute Gasteiger partial charge is 0.229 e. The number of phenols is 2. The summed E-state index contributed by atoms with van der Waals surface area (Å²) in [6.45, 7) is -0.653. The van der Waals surface area contributed by atoms with E-state index in [-0.39, 0.29) is 33.4 Å². The molecule has 3 aromatic rings. The molecule has 0 spiro atoms. The summed E-state index contributed by atoms with van der Waals surface area (Å²) in [5, 5.41) is 59.3. The molecule has 0 unspecified atom stereocenters. The summed E-state index contributed by atoms with van der Waals surface area (Å²) in [5.41, 5.74) is -1.02. The van der Waals surface area contributed by atoms with Gasteiger partial charge in [-0.05, 0) is 12.1 Å². The Kier molecular flexibility index (Phi) is 5.37. The summed E-state index contributed by atoms with van der Waals surface area (Å²) in [6, 6.07) is 4.97. The number of benzene rings is 2. The van der Waals surface area contributed by atoms with Gasteiger partial charge in [0.05, 0.1) is 13.7 Å². The molecule has 0 amide bonds. The van der Waals surface area contributed by atoms with Crippen molar-refractivity contribution in [3.63, 3.8) is 0 Å². The van der Waals surface area contributed by atoms with E-state index in [0.717, 1.165) is 6.07 Å². The summed E-state index contributed by atoms with van der Waals surface area (Å²) in [7, 11) is 1.36. The molecule has 31 heavy (non-hydrogen) atoms. The van der Waals surface area contributed by atoms with E-state index < -0.39 is 54.2 Å². The quantitative estimate of drug-likeness (QED) is 0.292. The third kappa shape index (κ3) is 3.42. The van der Waals surface area contributed by atoms with E-state index in [1.807, 2.05) is 0 Å². The molecule has 0 radical (unpaired) electrons. The third-order valence-electron chi connectivity index (χ3n) is 5.15. The Morgan fingerprint density at radius 2 is 1.74 bits per heavy atom. The predicted octanol–water partition coefficient (Wildman–Crippen LogP) is -0.455. The van der Waals surface area contributed by atoms with Crippen molar-refractivity contribution in [2.45, 2.75) is 30.7 Å². The zero-order chi connectivity index (χ0) is 22.4. The molecule has 5 atom stereocenters. The van der Waals surface area contributed by atoms with Crippen LogP contribution in [0.5, 0.6) is 23.0 Å². The first-order valence-corrected chi connectivity index (χ1v) is 9.23. The number of rotatable bonds is 4. The number of ether oxygens (including phenoxy) is 3. The Bertz CT molecular complexity index is 1190. The van der Waals surface area contributed by atoms with Crippen molar-refractivity contribution in [1.29, 1.82) is 0 Å². The summed E-state index contributed by atoms with van der Waals surface area (Å²) < 4.78 is 21.7. The lowest BCUT2D eigenvalue weighted by atomic mass is 9.99. The molecule has 1 fully saturated rings. The Hall–Kier alpha value is -3.09. The van der Waals surface area contributed by atoms with E-state index >= 15 is 0 Å². The summed E-state index contributed by atoms with van der Waals surface area (Å²) in [5.74, 6) is -0.783. The van der Waals surface area contributed by atoms with Crippen molar-refractivity contribution in [3.8, 4) is 23.0 Å². The molecule has 1 aliphatic heterocycles. The molecule has 0 aliphatic carbocycles. The van der Waals surface area contributed by atoms with Gasteiger partial charge in [0, 0.05) is 12.1 Å². The fraction of sp³-hybridized carbons (Fsp3) is 0.350. The van der Waals surface area contributed by atoms with Crippen molar-refractivity contribution in [3.05, 3.63) is 34.5 Å². The fourth-order valence-corrected chi connectivity index (χ4v) is 3.49. The minimum absolute atomic E-state index is 0.0568. The number of fused-ring (bicyclic) bond motifs is 2. The van der Waals surface area contributed by atoms with Gasteiger partial charge >= 0.3 is 0 Å². The summed E-state index contributed by atoms with van der Waals surface area (Å²) in [6.07, 6.45) is -7.69. The first kappa shape index (κ1) is 21.2. The third-order valence-corrected chi connectivity index (χ3v) is 5.15. The maximum Gasteiger partial charge on any atom is 0.229 e. The Morgan fingerprint density at radius 3 is 2.42 bits per heavy atom. The SMILES string of the molecule is COc1cc(O)c2c(=O)c3c(O)ccc(O[C@@H]4O[C@H](CO)[C@@H](O)[C@H](O)[C@H]4O)c3oc2c1. The van der Waals surface area contributed by atoms with E-state index in [0.29, 0.717) is 0 Å². The van der Waals surface area contributed by atoms with Gasteiger partial charge in [-0.15, -0.1) is 0 Å². The van der Waals surface area contributed by atoms with Crippen molar-refractivity contribution >= 4 is 21.9 Å². The molecule has 1 aromatic heterocycles. The van der Waals surface area contributed by atoms with Crippen LogP contribution in [0.25, 0.3) is 21.9 Å². The topological polar surface area (TPSA) is 179 Å². The summed E-state index contributed by atoms with van der Waals surface area (Å²) in [4.78, 5) is 13.0. The van der Waals surface area contributed by atoms with Crippen LogP contribution in [0, 0.1) is 0 Å². The standard InChI is InChI=1S/C20H20O11/c1-28-7-4-9(23)13-11(5-7)29-19-10(3-2-8(22)14(19)16(13)25)30-20-18(27)17(26)15(24)12(6-21)31-20/h2-5,12,15,17-18,20-24,26-27H,6H2,1H3/t12-,15-,17+,18-,20-/m1/s1. The van der Waals surface area contributed by atoms with Crippen LogP contribution in [-0.2, 0) is 4.74 Å². The molecule has 11 heteroatoms. The van der Waals surface area contributed by atoms with E-state index in [9.17, 15) is 35.4 Å². The molecule has 1 saturated heterocycles. The van der Waals surface area contributed by atoms with Crippen LogP contribution in [0.15, 0.2) is 33.5 Å². The summed E-state index contributed by atoms with van der Waals surface area (Å²) >= 11 is 0. The zero-order valence-corrected chi connectivity index (χ0v) is 16.1. The monoisotopic (exact) mass is 436 g/mol. The molecular weight excluding hydrogens is 416 g/mol. The minimum atomic E-state index is -1.70. The van der Waals surface area contributed by atoms with Gasteiger partial charge in [-0.2, -0.15) is 0 Å². The number of hydrogen-bond acceptors (Lipinski definition) is 11. The van der Waals surface area contributed by atoms with Gasteiger partial charge in [0.2, 0.25) is 11.7 Å². The Labute approximate surface area is 173 Å². The molecule has 166 valence electrons. The van der Waals surface area contributed by atoms with Crippen LogP contribution < -0.4 is 14.9 Å². The first-order chi connectivity index (χ1) is 14.8. The molecule has 0 bridgehead atoms. The highest BCUT2D eigenvalue weighted by atomic mass is 16.7. The normalized spacial score (nSPS) is 26.3. The molecule has 2 heterocycles. The maximum atomic E-state index is 13.0. The second-order valence-electron chi connectivity index (χ2n) is 7.05. The average molecular weight is 436 g/mol. The highest BCUT2D eigenvalue weighted by Gasteiger charge is 2.45. The van der Waals surface area contributed by atoms with Crippen molar-refractivity contribution < 1.29 is 49.3 Å². The van der Waals surface area contributed by atoms with E-state index in [2.05, 4.69) is 0 Å². The molecule has 11 nitrogen and oxygen atoms in total. The molecule has 1 aliphatic rings. The van der Waals surface area contributed by atoms with Crippen molar-refractivity contribution in [2.24, 2.45) is 0 Å². The van der Waals surface area contributed by atoms with Gasteiger partial charge in [-0.3, -0.25) is 4.79 Å². The van der Waals surface area contributed by atoms with Gasteiger partial charge in [0.25, 0.3) is 0 Å². The highest BCUT2D eigenvalue weighted by molar-refractivity contribution is 5.98. The van der Waals surface area contributed by atoms with Gasteiger partial charge in [0.1, 0.15) is 58.0 Å². The van der Waals surface area contributed by atoms with Gasteiger partial charge in [0.15, 0.2) is 11.3 Å². The molecule has 2 aromatic carbocycles. The number of aliphatic hydroxyl groups is 4. The number of methoxy groups -OCH3 is 1. The molecule has 4 rings (SSSR count). The Morgan fingerprint density at radius 1 is 1.00 bits per heavy atom. The van der Waals surface area contributed by atoms with Crippen molar-refractivity contribution in [1.82, 2.24) is 0 Å². The second-order valence-corrected chi connectivity index (χ2v) is 7.05. The minimum Gasteiger partial charge on any atom is -0.507 e. The molecule has 6 N–H and O–H groups in total. The largest absolute Gasteiger partial charge is 0.507 e. The van der Waals surface area contributed by atoms with Crippen LogP contribution in [-0.4, -0.2) is 75.1 Å². The van der Waals surface area contributed by atoms with Gasteiger partial charge in [-0.25, -0.2) is 0 Å². The predicted molar refractivity (Wildman–Crippen MR) is 104 cm³/mol. The lowest BCUT2D eigenvalue weighted by Gasteiger charge is -2.39. The lowest BCUT2D eigenvalue weighted by Crippen LogP contribution is -2.60. The van der Waals surface area contributed by atoms with Crippen molar-refractivity contribution in [2.75, 3.05) is 13.7 Å². The fourth-order valence-electron chi connectivity index (χ4n) is 3.49. The molecule has 0 saturated carbocycles. The van der Waals surface area contributed by atoms with Crippen LogP contribution in [0.1, 0.15) is 0 Å². The molecular formula is C20H20O11. The number of aliphatic hydroxyl groups excluding tert-OH is 4. The zero-order valence-electron chi connectivity index (χ0n) is 16.1. The van der Waals surface area contributed by atoms with E-state index in [1.54, 1.807) is 0 Å². The number of phenolic OH excluding ortho intramolecular Hbond substituents is 2. The maximum absolute atomic E-state index is 13.0.